The zero-order valence-electron chi connectivity index (χ0n) is 11.4. The minimum Gasteiger partial charge on any atom is -0.465 e. The Morgan fingerprint density at radius 3 is 2.26 bits per heavy atom. The lowest BCUT2D eigenvalue weighted by molar-refractivity contribution is -0.409. The van der Waals surface area contributed by atoms with Crippen LogP contribution in [0.5, 0.6) is 0 Å². The van der Waals surface area contributed by atoms with E-state index in [0.29, 0.717) is 0 Å². The second kappa shape index (κ2) is 4.73. The van der Waals surface area contributed by atoms with E-state index < -0.39 is 23.6 Å². The van der Waals surface area contributed by atoms with Gasteiger partial charge in [-0.15, -0.1) is 0 Å². The number of esters is 2. The Labute approximate surface area is 111 Å². The standard InChI is InChI=1S/C12H18O7/c1-11(15-3)12(2,16-4)19-10(14)9(18-11)7-5-8(13)17-6-7/h7,9H,5-6H2,1-4H3/t7-,9-,11+,12+/m1/s1. The Hall–Kier alpha value is -1.18. The van der Waals surface area contributed by atoms with Gasteiger partial charge in [0.05, 0.1) is 13.0 Å². The van der Waals surface area contributed by atoms with Crippen LogP contribution >= 0.6 is 0 Å². The number of carbonyl (C=O) groups is 2. The number of cyclic esters (lactones) is 2. The Balaban J connectivity index is 2.21. The van der Waals surface area contributed by atoms with Crippen molar-refractivity contribution in [2.45, 2.75) is 37.9 Å². The van der Waals surface area contributed by atoms with Crippen LogP contribution in [0.15, 0.2) is 0 Å². The fourth-order valence-electron chi connectivity index (χ4n) is 2.22. The summed E-state index contributed by atoms with van der Waals surface area (Å²) >= 11 is 0. The van der Waals surface area contributed by atoms with E-state index in [4.69, 9.17) is 23.7 Å². The van der Waals surface area contributed by atoms with E-state index >= 15 is 0 Å². The van der Waals surface area contributed by atoms with Crippen LogP contribution in [0.25, 0.3) is 0 Å². The number of hydrogen-bond donors (Lipinski definition) is 0. The highest BCUT2D eigenvalue weighted by Gasteiger charge is 2.59. The molecule has 0 aromatic rings. The summed E-state index contributed by atoms with van der Waals surface area (Å²) in [6, 6.07) is 0. The largest absolute Gasteiger partial charge is 0.465 e. The highest BCUT2D eigenvalue weighted by Crippen LogP contribution is 2.39. The monoisotopic (exact) mass is 274 g/mol. The van der Waals surface area contributed by atoms with Crippen molar-refractivity contribution in [1.82, 2.24) is 0 Å². The van der Waals surface area contributed by atoms with E-state index in [1.807, 2.05) is 0 Å². The summed E-state index contributed by atoms with van der Waals surface area (Å²) in [5.41, 5.74) is 0. The highest BCUT2D eigenvalue weighted by atomic mass is 16.8. The average molecular weight is 274 g/mol. The molecule has 0 bridgehead atoms. The molecule has 19 heavy (non-hydrogen) atoms. The molecule has 4 atom stereocenters. The number of methoxy groups -OCH3 is 2. The van der Waals surface area contributed by atoms with Gasteiger partial charge in [-0.3, -0.25) is 4.79 Å². The van der Waals surface area contributed by atoms with Gasteiger partial charge < -0.3 is 23.7 Å². The molecule has 2 fully saturated rings. The molecule has 0 saturated carbocycles. The summed E-state index contributed by atoms with van der Waals surface area (Å²) in [5.74, 6) is -3.90. The van der Waals surface area contributed by atoms with Crippen LogP contribution in [-0.2, 0) is 33.3 Å². The van der Waals surface area contributed by atoms with E-state index in [2.05, 4.69) is 0 Å². The molecule has 2 rings (SSSR count). The molecule has 0 aromatic carbocycles. The van der Waals surface area contributed by atoms with Gasteiger partial charge >= 0.3 is 11.9 Å². The summed E-state index contributed by atoms with van der Waals surface area (Å²) in [7, 11) is 2.83. The second-order valence-electron chi connectivity index (χ2n) is 4.91. The molecule has 2 saturated heterocycles. The molecule has 7 heteroatoms. The third kappa shape index (κ3) is 2.22. The van der Waals surface area contributed by atoms with Crippen molar-refractivity contribution in [2.24, 2.45) is 5.92 Å². The Bertz CT molecular complexity index is 396. The molecule has 2 heterocycles. The van der Waals surface area contributed by atoms with Gasteiger partial charge in [-0.05, 0) is 6.92 Å². The van der Waals surface area contributed by atoms with Gasteiger partial charge in [-0.25, -0.2) is 4.79 Å². The zero-order chi connectivity index (χ0) is 14.3. The van der Waals surface area contributed by atoms with Crippen molar-refractivity contribution in [2.75, 3.05) is 20.8 Å². The molecule has 0 radical (unpaired) electrons. The quantitative estimate of drug-likeness (QED) is 0.681. The molecule has 0 aliphatic carbocycles. The maximum atomic E-state index is 12.0. The summed E-state index contributed by atoms with van der Waals surface area (Å²) in [6.45, 7) is 3.32. The van der Waals surface area contributed by atoms with E-state index in [9.17, 15) is 9.59 Å². The smallest absolute Gasteiger partial charge is 0.338 e. The van der Waals surface area contributed by atoms with Gasteiger partial charge in [0.1, 0.15) is 0 Å². The van der Waals surface area contributed by atoms with Crippen LogP contribution in [0.2, 0.25) is 0 Å². The zero-order valence-corrected chi connectivity index (χ0v) is 11.4. The van der Waals surface area contributed by atoms with Crippen molar-refractivity contribution >= 4 is 11.9 Å². The summed E-state index contributed by atoms with van der Waals surface area (Å²) in [5, 5.41) is 0. The minimum absolute atomic E-state index is 0.128. The first kappa shape index (κ1) is 14.2. The van der Waals surface area contributed by atoms with Crippen molar-refractivity contribution < 1.29 is 33.3 Å². The van der Waals surface area contributed by atoms with E-state index in [0.717, 1.165) is 0 Å². The third-order valence-corrected chi connectivity index (χ3v) is 3.80. The molecule has 0 unspecified atom stereocenters. The van der Waals surface area contributed by atoms with Crippen LogP contribution < -0.4 is 0 Å². The second-order valence-corrected chi connectivity index (χ2v) is 4.91. The first-order valence-electron chi connectivity index (χ1n) is 6.02. The lowest BCUT2D eigenvalue weighted by atomic mass is 9.98. The molecule has 108 valence electrons. The van der Waals surface area contributed by atoms with Crippen LogP contribution in [0.1, 0.15) is 20.3 Å². The van der Waals surface area contributed by atoms with Gasteiger partial charge in [0.25, 0.3) is 5.79 Å². The summed E-state index contributed by atoms with van der Waals surface area (Å²) in [4.78, 5) is 23.1. The highest BCUT2D eigenvalue weighted by molar-refractivity contribution is 5.79. The first-order chi connectivity index (χ1) is 8.85. The average Bonchev–Trinajstić information content (AvgIpc) is 2.80. The molecule has 0 N–H and O–H groups in total. The number of ether oxygens (including phenoxy) is 5. The first-order valence-corrected chi connectivity index (χ1v) is 6.02. The predicted octanol–water partition coefficient (Wildman–Crippen LogP) is 0.217. The molecular formula is C12H18O7. The van der Waals surface area contributed by atoms with Gasteiger partial charge in [0, 0.05) is 27.1 Å². The fraction of sp³-hybridized carbons (Fsp3) is 0.833. The van der Waals surface area contributed by atoms with Gasteiger partial charge in [-0.1, -0.05) is 0 Å². The molecular weight excluding hydrogens is 256 g/mol. The van der Waals surface area contributed by atoms with Crippen LogP contribution in [0.4, 0.5) is 0 Å². The summed E-state index contributed by atoms with van der Waals surface area (Å²) < 4.78 is 26.4. The van der Waals surface area contributed by atoms with E-state index in [1.54, 1.807) is 13.8 Å². The van der Waals surface area contributed by atoms with Crippen LogP contribution in [-0.4, -0.2) is 50.4 Å². The Morgan fingerprint density at radius 1 is 1.16 bits per heavy atom. The van der Waals surface area contributed by atoms with Crippen molar-refractivity contribution in [3.63, 3.8) is 0 Å². The molecule has 7 nitrogen and oxygen atoms in total. The van der Waals surface area contributed by atoms with Gasteiger partial charge in [0.2, 0.25) is 5.79 Å². The number of rotatable bonds is 3. The molecule has 0 spiro atoms. The molecule has 2 aliphatic heterocycles. The van der Waals surface area contributed by atoms with E-state index in [1.165, 1.54) is 14.2 Å². The van der Waals surface area contributed by atoms with Gasteiger partial charge in [0.15, 0.2) is 6.10 Å². The van der Waals surface area contributed by atoms with Crippen LogP contribution in [0.3, 0.4) is 0 Å². The lowest BCUT2D eigenvalue weighted by Crippen LogP contribution is -2.65. The SMILES string of the molecule is CO[C@@]1(C)OC(=O)[C@@H]([C@H]2COC(=O)C2)O[C@]1(C)OC. The van der Waals surface area contributed by atoms with Gasteiger partial charge in [-0.2, -0.15) is 0 Å². The summed E-state index contributed by atoms with van der Waals surface area (Å²) in [6.07, 6.45) is -0.775. The van der Waals surface area contributed by atoms with Crippen molar-refractivity contribution in [3.8, 4) is 0 Å². The maximum Gasteiger partial charge on any atom is 0.338 e. The fourth-order valence-corrected chi connectivity index (χ4v) is 2.22. The van der Waals surface area contributed by atoms with E-state index in [-0.39, 0.29) is 24.9 Å². The number of carbonyl (C=O) groups excluding carboxylic acids is 2. The number of hydrogen-bond acceptors (Lipinski definition) is 7. The predicted molar refractivity (Wildman–Crippen MR) is 60.9 cm³/mol. The Kier molecular flexibility index (Phi) is 3.55. The van der Waals surface area contributed by atoms with Crippen LogP contribution in [0, 0.1) is 5.92 Å². The third-order valence-electron chi connectivity index (χ3n) is 3.80. The normalized spacial score (nSPS) is 42.9. The lowest BCUT2D eigenvalue weighted by Gasteiger charge is -2.48. The minimum atomic E-state index is -1.35. The van der Waals surface area contributed by atoms with Crippen molar-refractivity contribution in [1.29, 1.82) is 0 Å². The van der Waals surface area contributed by atoms with Crippen molar-refractivity contribution in [3.05, 3.63) is 0 Å². The molecule has 2 aliphatic rings. The topological polar surface area (TPSA) is 80.3 Å². The Morgan fingerprint density at radius 2 is 1.79 bits per heavy atom. The maximum absolute atomic E-state index is 12.0. The molecule has 0 aromatic heterocycles. The molecule has 0 amide bonds.